The Morgan fingerprint density at radius 1 is 1.37 bits per heavy atom. The van der Waals surface area contributed by atoms with Crippen LogP contribution >= 0.6 is 0 Å². The molecule has 5 heteroatoms. The molecule has 2 unspecified atom stereocenters. The lowest BCUT2D eigenvalue weighted by Crippen LogP contribution is -2.29. The summed E-state index contributed by atoms with van der Waals surface area (Å²) in [6.07, 6.45) is 3.19. The highest BCUT2D eigenvalue weighted by Crippen LogP contribution is 2.30. The molecule has 1 aromatic rings. The number of rotatable bonds is 5. The molecule has 2 atom stereocenters. The number of hydrogen-bond donors (Lipinski definition) is 1. The number of benzene rings is 1. The van der Waals surface area contributed by atoms with E-state index < -0.39 is 15.7 Å². The minimum atomic E-state index is -3.40. The van der Waals surface area contributed by atoms with Gasteiger partial charge in [0.2, 0.25) is 0 Å². The summed E-state index contributed by atoms with van der Waals surface area (Å²) in [5.74, 6) is -0.500. The van der Waals surface area contributed by atoms with Crippen molar-refractivity contribution in [2.45, 2.75) is 48.8 Å². The maximum atomic E-state index is 13.2. The van der Waals surface area contributed by atoms with Crippen LogP contribution in [0.25, 0.3) is 0 Å². The molecule has 0 aliphatic heterocycles. The molecule has 1 fully saturated rings. The van der Waals surface area contributed by atoms with Crippen LogP contribution in [0.4, 0.5) is 4.39 Å². The van der Waals surface area contributed by atoms with E-state index in [1.54, 1.807) is 0 Å². The fraction of sp³-hybridized carbons (Fsp3) is 0.571. The molecule has 0 bridgehead atoms. The first-order valence-corrected chi connectivity index (χ1v) is 8.31. The Kier molecular flexibility index (Phi) is 4.58. The third kappa shape index (κ3) is 3.34. The van der Waals surface area contributed by atoms with Crippen molar-refractivity contribution in [3.63, 3.8) is 0 Å². The van der Waals surface area contributed by atoms with E-state index in [2.05, 4.69) is 12.2 Å². The van der Waals surface area contributed by atoms with Crippen molar-refractivity contribution in [3.05, 3.63) is 30.1 Å². The lowest BCUT2D eigenvalue weighted by molar-refractivity contribution is 0.520. The van der Waals surface area contributed by atoms with Gasteiger partial charge in [0.05, 0.1) is 10.1 Å². The molecule has 1 N–H and O–H groups in total. The second-order valence-corrected chi connectivity index (χ2v) is 7.32. The van der Waals surface area contributed by atoms with Crippen molar-refractivity contribution in [3.8, 4) is 0 Å². The second kappa shape index (κ2) is 6.01. The van der Waals surface area contributed by atoms with E-state index in [-0.39, 0.29) is 16.2 Å². The summed E-state index contributed by atoms with van der Waals surface area (Å²) in [5, 5.41) is 2.97. The van der Waals surface area contributed by atoms with E-state index in [1.165, 1.54) is 18.2 Å². The normalized spacial score (nSPS) is 23.7. The van der Waals surface area contributed by atoms with Crippen LogP contribution in [0.1, 0.15) is 32.6 Å². The lowest BCUT2D eigenvalue weighted by Gasteiger charge is -2.13. The van der Waals surface area contributed by atoms with Gasteiger partial charge in [-0.2, -0.15) is 0 Å². The van der Waals surface area contributed by atoms with Crippen LogP contribution in [-0.4, -0.2) is 26.3 Å². The molecule has 0 radical (unpaired) electrons. The van der Waals surface area contributed by atoms with Gasteiger partial charge in [-0.05, 0) is 50.4 Å². The van der Waals surface area contributed by atoms with Crippen LogP contribution in [0.15, 0.2) is 29.2 Å². The monoisotopic (exact) mass is 285 g/mol. The molecule has 0 spiro atoms. The van der Waals surface area contributed by atoms with Crippen LogP contribution in [0.2, 0.25) is 0 Å². The van der Waals surface area contributed by atoms with Gasteiger partial charge < -0.3 is 5.32 Å². The highest BCUT2D eigenvalue weighted by Gasteiger charge is 2.35. The number of sulfone groups is 1. The Hall–Kier alpha value is -0.940. The van der Waals surface area contributed by atoms with E-state index in [0.29, 0.717) is 12.8 Å². The Morgan fingerprint density at radius 3 is 2.84 bits per heavy atom. The summed E-state index contributed by atoms with van der Waals surface area (Å²) >= 11 is 0. The van der Waals surface area contributed by atoms with Crippen molar-refractivity contribution < 1.29 is 12.8 Å². The average molecular weight is 285 g/mol. The zero-order chi connectivity index (χ0) is 13.9. The largest absolute Gasteiger partial charge is 0.314 e. The fourth-order valence-corrected chi connectivity index (χ4v) is 4.45. The average Bonchev–Trinajstić information content (AvgIpc) is 2.86. The Morgan fingerprint density at radius 2 is 2.16 bits per heavy atom. The summed E-state index contributed by atoms with van der Waals surface area (Å²) in [6.45, 7) is 3.00. The summed E-state index contributed by atoms with van der Waals surface area (Å²) < 4.78 is 38.0. The predicted octanol–water partition coefficient (Wildman–Crippen LogP) is 2.52. The molecule has 0 saturated heterocycles. The third-order valence-corrected chi connectivity index (χ3v) is 5.85. The van der Waals surface area contributed by atoms with Crippen LogP contribution < -0.4 is 5.32 Å². The first-order valence-electron chi connectivity index (χ1n) is 6.77. The smallest absolute Gasteiger partial charge is 0.181 e. The summed E-state index contributed by atoms with van der Waals surface area (Å²) in [6, 6.07) is 5.57. The molecule has 3 nitrogen and oxygen atoms in total. The number of hydrogen-bond acceptors (Lipinski definition) is 3. The molecule has 106 valence electrons. The molecule has 1 aliphatic rings. The number of nitrogens with one attached hydrogen (secondary N) is 1. The van der Waals surface area contributed by atoms with Gasteiger partial charge in [0.15, 0.2) is 9.84 Å². The van der Waals surface area contributed by atoms with Crippen LogP contribution in [0.5, 0.6) is 0 Å². The third-order valence-electron chi connectivity index (χ3n) is 3.63. The first kappa shape index (κ1) is 14.5. The van der Waals surface area contributed by atoms with Gasteiger partial charge in [0.1, 0.15) is 5.82 Å². The van der Waals surface area contributed by atoms with E-state index in [1.807, 2.05) is 0 Å². The standard InChI is InChI=1S/C14H20FNO2S/c1-2-8-16-12-6-7-14(10-12)19(17,18)13-5-3-4-11(15)9-13/h3-5,9,12,14,16H,2,6-8,10H2,1H3. The van der Waals surface area contributed by atoms with Crippen molar-refractivity contribution >= 4 is 9.84 Å². The SMILES string of the molecule is CCCNC1CCC(S(=O)(=O)c2cccc(F)c2)C1. The number of halogens is 1. The Balaban J connectivity index is 2.09. The minimum absolute atomic E-state index is 0.105. The van der Waals surface area contributed by atoms with Crippen molar-refractivity contribution in [2.75, 3.05) is 6.54 Å². The molecule has 1 aliphatic carbocycles. The van der Waals surface area contributed by atoms with E-state index in [4.69, 9.17) is 0 Å². The highest BCUT2D eigenvalue weighted by atomic mass is 32.2. The first-order chi connectivity index (χ1) is 9.04. The maximum absolute atomic E-state index is 13.2. The topological polar surface area (TPSA) is 46.2 Å². The van der Waals surface area contributed by atoms with Crippen LogP contribution in [0.3, 0.4) is 0 Å². The molecule has 0 amide bonds. The van der Waals surface area contributed by atoms with Gasteiger partial charge in [-0.15, -0.1) is 0 Å². The molecular weight excluding hydrogens is 265 g/mol. The van der Waals surface area contributed by atoms with Gasteiger partial charge in [0.25, 0.3) is 0 Å². The molecular formula is C14H20FNO2S. The quantitative estimate of drug-likeness (QED) is 0.904. The molecule has 2 rings (SSSR count). The van der Waals surface area contributed by atoms with Crippen LogP contribution in [-0.2, 0) is 9.84 Å². The van der Waals surface area contributed by atoms with Gasteiger partial charge in [-0.1, -0.05) is 13.0 Å². The van der Waals surface area contributed by atoms with Crippen LogP contribution in [0, 0.1) is 5.82 Å². The van der Waals surface area contributed by atoms with Crippen molar-refractivity contribution in [2.24, 2.45) is 0 Å². The summed E-state index contributed by atoms with van der Waals surface area (Å²) in [4.78, 5) is 0.105. The summed E-state index contributed by atoms with van der Waals surface area (Å²) in [5.41, 5.74) is 0. The summed E-state index contributed by atoms with van der Waals surface area (Å²) in [7, 11) is -3.40. The van der Waals surface area contributed by atoms with E-state index in [0.717, 1.165) is 25.5 Å². The van der Waals surface area contributed by atoms with E-state index >= 15 is 0 Å². The van der Waals surface area contributed by atoms with E-state index in [9.17, 15) is 12.8 Å². The van der Waals surface area contributed by atoms with Gasteiger partial charge in [0, 0.05) is 6.04 Å². The zero-order valence-corrected chi connectivity index (χ0v) is 11.9. The Labute approximate surface area is 114 Å². The van der Waals surface area contributed by atoms with Crippen molar-refractivity contribution in [1.82, 2.24) is 5.32 Å². The van der Waals surface area contributed by atoms with Gasteiger partial charge in [-0.3, -0.25) is 0 Å². The molecule has 19 heavy (non-hydrogen) atoms. The minimum Gasteiger partial charge on any atom is -0.314 e. The molecule has 0 heterocycles. The molecule has 1 saturated carbocycles. The molecule has 0 aromatic heterocycles. The lowest BCUT2D eigenvalue weighted by atomic mass is 10.2. The maximum Gasteiger partial charge on any atom is 0.181 e. The highest BCUT2D eigenvalue weighted by molar-refractivity contribution is 7.92. The predicted molar refractivity (Wildman–Crippen MR) is 73.3 cm³/mol. The zero-order valence-electron chi connectivity index (χ0n) is 11.1. The molecule has 1 aromatic carbocycles. The van der Waals surface area contributed by atoms with Crippen molar-refractivity contribution in [1.29, 1.82) is 0 Å². The van der Waals surface area contributed by atoms with Gasteiger partial charge >= 0.3 is 0 Å². The Bertz CT molecular complexity index is 530. The fourth-order valence-electron chi connectivity index (χ4n) is 2.59. The van der Waals surface area contributed by atoms with Gasteiger partial charge in [-0.25, -0.2) is 12.8 Å². The second-order valence-electron chi connectivity index (χ2n) is 5.09.